The number of benzene rings is 1. The highest BCUT2D eigenvalue weighted by Crippen LogP contribution is 2.44. The number of aryl methyl sites for hydroxylation is 2. The van der Waals surface area contributed by atoms with Crippen molar-refractivity contribution >= 4 is 16.0 Å². The summed E-state index contributed by atoms with van der Waals surface area (Å²) in [5.74, 6) is -0.0481. The van der Waals surface area contributed by atoms with Gasteiger partial charge in [0.15, 0.2) is 5.76 Å². The minimum absolute atomic E-state index is 0.132. The molecule has 0 radical (unpaired) electrons. The number of piperidine rings is 1. The van der Waals surface area contributed by atoms with Crippen molar-refractivity contribution < 1.29 is 22.5 Å². The van der Waals surface area contributed by atoms with Crippen LogP contribution in [0.2, 0.25) is 0 Å². The highest BCUT2D eigenvalue weighted by Gasteiger charge is 2.49. The van der Waals surface area contributed by atoms with Crippen molar-refractivity contribution in [1.29, 1.82) is 0 Å². The molecule has 1 aromatic carbocycles. The van der Waals surface area contributed by atoms with Gasteiger partial charge in [0.05, 0.1) is 5.56 Å². The molecule has 0 N–H and O–H groups in total. The minimum Gasteiger partial charge on any atom is -0.450 e. The van der Waals surface area contributed by atoms with Gasteiger partial charge in [0.25, 0.3) is 0 Å². The lowest BCUT2D eigenvalue weighted by Gasteiger charge is -2.37. The van der Waals surface area contributed by atoms with E-state index in [1.165, 1.54) is 4.31 Å². The van der Waals surface area contributed by atoms with E-state index in [4.69, 9.17) is 9.26 Å². The van der Waals surface area contributed by atoms with Gasteiger partial charge in [0, 0.05) is 31.5 Å². The molecular formula is C17H18N2O5S. The standard InChI is InChI=1S/C17H18N2O5S/c1-11-15(12(2)24-18-11)25(21,22)19-9-7-17(8-10-19)14-6-4-3-5-13(14)16(20)23-17/h3-6H,7-10H2,1-2H3. The summed E-state index contributed by atoms with van der Waals surface area (Å²) in [6.07, 6.45) is 0.858. The van der Waals surface area contributed by atoms with Crippen LogP contribution in [0.15, 0.2) is 33.7 Å². The van der Waals surface area contributed by atoms with Gasteiger partial charge in [0.1, 0.15) is 16.2 Å². The summed E-state index contributed by atoms with van der Waals surface area (Å²) in [6, 6.07) is 7.31. The van der Waals surface area contributed by atoms with E-state index in [1.54, 1.807) is 26.0 Å². The molecule has 3 heterocycles. The fourth-order valence-electron chi connectivity index (χ4n) is 3.78. The summed E-state index contributed by atoms with van der Waals surface area (Å²) in [7, 11) is -3.68. The molecule has 25 heavy (non-hydrogen) atoms. The molecule has 2 aliphatic rings. The van der Waals surface area contributed by atoms with E-state index in [-0.39, 0.29) is 29.7 Å². The SMILES string of the molecule is Cc1noc(C)c1S(=O)(=O)N1CCC2(CC1)OC(=O)c1ccccc12. The third kappa shape index (κ3) is 2.31. The zero-order valence-electron chi connectivity index (χ0n) is 14.0. The molecule has 0 atom stereocenters. The predicted molar refractivity (Wildman–Crippen MR) is 87.5 cm³/mol. The summed E-state index contributed by atoms with van der Waals surface area (Å²) in [5, 5.41) is 3.74. The maximum absolute atomic E-state index is 12.9. The molecule has 2 aromatic rings. The van der Waals surface area contributed by atoms with Gasteiger partial charge in [-0.1, -0.05) is 23.4 Å². The largest absolute Gasteiger partial charge is 0.450 e. The van der Waals surface area contributed by atoms with Crippen LogP contribution in [0.3, 0.4) is 0 Å². The van der Waals surface area contributed by atoms with Crippen LogP contribution in [0.5, 0.6) is 0 Å². The first-order chi connectivity index (χ1) is 11.8. The Labute approximate surface area is 145 Å². The van der Waals surface area contributed by atoms with Crippen LogP contribution in [-0.4, -0.2) is 36.9 Å². The Morgan fingerprint density at radius 2 is 1.84 bits per heavy atom. The number of hydrogen-bond donors (Lipinski definition) is 0. The quantitative estimate of drug-likeness (QED) is 0.761. The van der Waals surface area contributed by atoms with Crippen molar-refractivity contribution in [2.24, 2.45) is 0 Å². The second-order valence-corrected chi connectivity index (χ2v) is 8.36. The van der Waals surface area contributed by atoms with Gasteiger partial charge < -0.3 is 9.26 Å². The minimum atomic E-state index is -3.68. The lowest BCUT2D eigenvalue weighted by molar-refractivity contribution is -0.0329. The molecule has 0 aliphatic carbocycles. The lowest BCUT2D eigenvalue weighted by atomic mass is 9.84. The molecule has 2 aliphatic heterocycles. The Morgan fingerprint density at radius 1 is 1.16 bits per heavy atom. The van der Waals surface area contributed by atoms with Gasteiger partial charge in [-0.3, -0.25) is 0 Å². The topological polar surface area (TPSA) is 89.7 Å². The number of carbonyl (C=O) groups is 1. The van der Waals surface area contributed by atoms with Crippen LogP contribution in [0.25, 0.3) is 0 Å². The van der Waals surface area contributed by atoms with Gasteiger partial charge in [0.2, 0.25) is 10.0 Å². The van der Waals surface area contributed by atoms with Crippen LogP contribution >= 0.6 is 0 Å². The zero-order valence-corrected chi connectivity index (χ0v) is 14.8. The van der Waals surface area contributed by atoms with Crippen molar-refractivity contribution in [2.45, 2.75) is 37.2 Å². The number of carbonyl (C=O) groups excluding carboxylic acids is 1. The molecule has 132 valence electrons. The van der Waals surface area contributed by atoms with Crippen LogP contribution in [0.4, 0.5) is 0 Å². The monoisotopic (exact) mass is 362 g/mol. The maximum atomic E-state index is 12.9. The Balaban J connectivity index is 1.62. The normalized spacial score (nSPS) is 19.8. The third-order valence-electron chi connectivity index (χ3n) is 5.02. The van der Waals surface area contributed by atoms with Crippen LogP contribution in [-0.2, 0) is 20.4 Å². The number of hydrogen-bond acceptors (Lipinski definition) is 6. The first kappa shape index (κ1) is 16.3. The summed E-state index contributed by atoms with van der Waals surface area (Å²) in [5.41, 5.74) is 1.06. The fraction of sp³-hybridized carbons (Fsp3) is 0.412. The van der Waals surface area contributed by atoms with Gasteiger partial charge in [-0.05, 0) is 19.9 Å². The molecule has 0 bridgehead atoms. The molecule has 0 unspecified atom stereocenters. The molecule has 1 aromatic heterocycles. The number of sulfonamides is 1. The second kappa shape index (κ2) is 5.40. The average molecular weight is 362 g/mol. The molecule has 7 nitrogen and oxygen atoms in total. The number of nitrogens with zero attached hydrogens (tertiary/aromatic N) is 2. The number of esters is 1. The third-order valence-corrected chi connectivity index (χ3v) is 7.17. The number of ether oxygens (including phenoxy) is 1. The summed E-state index contributed by atoms with van der Waals surface area (Å²) in [6.45, 7) is 3.75. The molecule has 1 spiro atoms. The first-order valence-corrected chi connectivity index (χ1v) is 9.55. The van der Waals surface area contributed by atoms with Crippen LogP contribution < -0.4 is 0 Å². The van der Waals surface area contributed by atoms with Gasteiger partial charge in [-0.25, -0.2) is 13.2 Å². The molecule has 1 saturated heterocycles. The summed E-state index contributed by atoms with van der Waals surface area (Å²) < 4.78 is 37.9. The summed E-state index contributed by atoms with van der Waals surface area (Å²) >= 11 is 0. The average Bonchev–Trinajstić information content (AvgIpc) is 3.07. The molecule has 4 rings (SSSR count). The van der Waals surface area contributed by atoms with Gasteiger partial charge in [-0.15, -0.1) is 0 Å². The Bertz CT molecular complexity index is 936. The highest BCUT2D eigenvalue weighted by atomic mass is 32.2. The van der Waals surface area contributed by atoms with E-state index in [9.17, 15) is 13.2 Å². The van der Waals surface area contributed by atoms with E-state index in [2.05, 4.69) is 5.16 Å². The zero-order chi connectivity index (χ0) is 17.8. The van der Waals surface area contributed by atoms with E-state index in [0.29, 0.717) is 24.1 Å². The lowest BCUT2D eigenvalue weighted by Crippen LogP contribution is -2.45. The number of rotatable bonds is 2. The Kier molecular flexibility index (Phi) is 3.52. The summed E-state index contributed by atoms with van der Waals surface area (Å²) in [4.78, 5) is 12.3. The fourth-order valence-corrected chi connectivity index (χ4v) is 5.51. The van der Waals surface area contributed by atoms with Crippen LogP contribution in [0, 0.1) is 13.8 Å². The molecule has 0 saturated carbocycles. The van der Waals surface area contributed by atoms with Crippen molar-refractivity contribution in [2.75, 3.05) is 13.1 Å². The van der Waals surface area contributed by atoms with Crippen molar-refractivity contribution in [3.05, 3.63) is 46.8 Å². The molecule has 8 heteroatoms. The predicted octanol–water partition coefficient (Wildman–Crippen LogP) is 2.14. The molecule has 0 amide bonds. The van der Waals surface area contributed by atoms with Crippen molar-refractivity contribution in [1.82, 2.24) is 9.46 Å². The van der Waals surface area contributed by atoms with Gasteiger partial charge >= 0.3 is 5.97 Å². The van der Waals surface area contributed by atoms with Crippen LogP contribution in [0.1, 0.15) is 40.2 Å². The highest BCUT2D eigenvalue weighted by molar-refractivity contribution is 7.89. The van der Waals surface area contributed by atoms with E-state index < -0.39 is 15.6 Å². The van der Waals surface area contributed by atoms with E-state index in [0.717, 1.165) is 5.56 Å². The van der Waals surface area contributed by atoms with Crippen molar-refractivity contribution in [3.8, 4) is 0 Å². The molecular weight excluding hydrogens is 344 g/mol. The number of aromatic nitrogens is 1. The number of fused-ring (bicyclic) bond motifs is 2. The van der Waals surface area contributed by atoms with E-state index >= 15 is 0 Å². The van der Waals surface area contributed by atoms with E-state index in [1.807, 2.05) is 12.1 Å². The van der Waals surface area contributed by atoms with Crippen molar-refractivity contribution in [3.63, 3.8) is 0 Å². The Morgan fingerprint density at radius 3 is 2.48 bits per heavy atom. The first-order valence-electron chi connectivity index (χ1n) is 8.11. The Hall–Kier alpha value is -2.19. The second-order valence-electron chi connectivity index (χ2n) is 6.49. The van der Waals surface area contributed by atoms with Gasteiger partial charge in [-0.2, -0.15) is 4.31 Å². The smallest absolute Gasteiger partial charge is 0.339 e. The molecule has 1 fully saturated rings. The maximum Gasteiger partial charge on any atom is 0.339 e.